The van der Waals surface area contributed by atoms with E-state index in [9.17, 15) is 18.4 Å². The molecule has 0 atom stereocenters. The van der Waals surface area contributed by atoms with E-state index in [1.165, 1.54) is 23.0 Å². The third kappa shape index (κ3) is 4.53. The Morgan fingerprint density at radius 3 is 2.67 bits per heavy atom. The number of aromatic amines is 1. The first-order valence-electron chi connectivity index (χ1n) is 10.3. The standard InChI is InChI=1S/C23H14Cl2F2N6O3/c24-12-6-13(21(25)15(27)7-12)11-5-14(26)17(28-9-11)10-29-23-30-16-3-1-2-4-18(16)33(23)31-22(35)19-8-20(34)32-36-19/h1-9H,10H2,(H,29,30)(H,31,35)(H,32,34). The molecule has 2 aromatic carbocycles. The van der Waals surface area contributed by atoms with E-state index in [-0.39, 0.29) is 45.1 Å². The Morgan fingerprint density at radius 1 is 1.11 bits per heavy atom. The number of pyridine rings is 1. The molecular formula is C23H14Cl2F2N6O3. The number of halogens is 4. The van der Waals surface area contributed by atoms with Crippen LogP contribution in [0.15, 0.2) is 64.0 Å². The molecule has 3 aromatic heterocycles. The van der Waals surface area contributed by atoms with E-state index in [4.69, 9.17) is 27.7 Å². The average Bonchev–Trinajstić information content (AvgIpc) is 3.44. The van der Waals surface area contributed by atoms with Crippen molar-refractivity contribution in [3.63, 3.8) is 0 Å². The summed E-state index contributed by atoms with van der Waals surface area (Å²) >= 11 is 11.9. The predicted octanol–water partition coefficient (Wildman–Crippen LogP) is 4.96. The van der Waals surface area contributed by atoms with Gasteiger partial charge in [0.25, 0.3) is 5.56 Å². The second kappa shape index (κ2) is 9.44. The summed E-state index contributed by atoms with van der Waals surface area (Å²) in [6, 6.07) is 11.6. The fourth-order valence-electron chi connectivity index (χ4n) is 3.48. The van der Waals surface area contributed by atoms with Gasteiger partial charge in [-0.15, -0.1) is 0 Å². The zero-order valence-corrected chi connectivity index (χ0v) is 19.5. The third-order valence-corrected chi connectivity index (χ3v) is 5.76. The van der Waals surface area contributed by atoms with Crippen LogP contribution in [0.5, 0.6) is 0 Å². The summed E-state index contributed by atoms with van der Waals surface area (Å²) in [5, 5.41) is 4.89. The van der Waals surface area contributed by atoms with E-state index in [2.05, 4.69) is 20.7 Å². The highest BCUT2D eigenvalue weighted by molar-refractivity contribution is 6.35. The number of fused-ring (bicyclic) bond motifs is 1. The van der Waals surface area contributed by atoms with Crippen LogP contribution >= 0.6 is 23.2 Å². The maximum atomic E-state index is 14.9. The first kappa shape index (κ1) is 23.5. The van der Waals surface area contributed by atoms with E-state index in [0.29, 0.717) is 11.0 Å². The molecule has 5 rings (SSSR count). The molecule has 182 valence electrons. The van der Waals surface area contributed by atoms with Gasteiger partial charge in [0.05, 0.1) is 34.4 Å². The number of nitrogens with zero attached hydrogens (tertiary/aromatic N) is 3. The molecular weight excluding hydrogens is 517 g/mol. The number of aromatic nitrogens is 4. The number of amides is 1. The summed E-state index contributed by atoms with van der Waals surface area (Å²) < 4.78 is 35.0. The van der Waals surface area contributed by atoms with E-state index in [1.54, 1.807) is 24.3 Å². The van der Waals surface area contributed by atoms with Crippen LogP contribution in [-0.4, -0.2) is 25.7 Å². The average molecular weight is 531 g/mol. The fraction of sp³-hybridized carbons (Fsp3) is 0.0435. The molecule has 9 nitrogen and oxygen atoms in total. The highest BCUT2D eigenvalue weighted by Gasteiger charge is 2.18. The first-order valence-corrected chi connectivity index (χ1v) is 11.1. The largest absolute Gasteiger partial charge is 0.373 e. The van der Waals surface area contributed by atoms with Crippen molar-refractivity contribution >= 4 is 46.1 Å². The lowest BCUT2D eigenvalue weighted by Gasteiger charge is -2.12. The lowest BCUT2D eigenvalue weighted by molar-refractivity contribution is 0.0973. The zero-order chi connectivity index (χ0) is 25.4. The molecule has 0 saturated heterocycles. The Bertz CT molecular complexity index is 1680. The monoisotopic (exact) mass is 530 g/mol. The molecule has 5 aromatic rings. The maximum Gasteiger partial charge on any atom is 0.308 e. The summed E-state index contributed by atoms with van der Waals surface area (Å²) in [6.07, 6.45) is 1.34. The molecule has 1 amide bonds. The van der Waals surface area contributed by atoms with Gasteiger partial charge in [0, 0.05) is 22.3 Å². The highest BCUT2D eigenvalue weighted by atomic mass is 35.5. The van der Waals surface area contributed by atoms with Crippen LogP contribution in [0.4, 0.5) is 14.7 Å². The van der Waals surface area contributed by atoms with Crippen molar-refractivity contribution in [3.8, 4) is 11.1 Å². The molecule has 0 spiro atoms. The number of hydrogen-bond donors (Lipinski definition) is 3. The number of imidazole rings is 1. The highest BCUT2D eigenvalue weighted by Crippen LogP contribution is 2.33. The SMILES string of the molecule is O=C(Nn1c(NCc2ncc(-c3cc(Cl)cc(F)c3Cl)cc2F)nc2ccccc21)c1cc(=O)[nH]o1. The van der Waals surface area contributed by atoms with Gasteiger partial charge in [-0.25, -0.2) is 18.4 Å². The first-order chi connectivity index (χ1) is 17.3. The number of carbonyl (C=O) groups excluding carboxylic acids is 1. The van der Waals surface area contributed by atoms with Crippen molar-refractivity contribution < 1.29 is 18.1 Å². The molecule has 0 saturated carbocycles. The van der Waals surface area contributed by atoms with Gasteiger partial charge in [-0.1, -0.05) is 35.3 Å². The number of hydrogen-bond acceptors (Lipinski definition) is 6. The second-order valence-electron chi connectivity index (χ2n) is 7.53. The summed E-state index contributed by atoms with van der Waals surface area (Å²) in [5.41, 5.74) is 3.56. The van der Waals surface area contributed by atoms with Crippen molar-refractivity contribution in [2.75, 3.05) is 10.7 Å². The smallest absolute Gasteiger partial charge is 0.308 e. The van der Waals surface area contributed by atoms with E-state index in [1.807, 2.05) is 5.16 Å². The van der Waals surface area contributed by atoms with Crippen LogP contribution in [0.3, 0.4) is 0 Å². The molecule has 13 heteroatoms. The number of nitrogens with one attached hydrogen (secondary N) is 3. The maximum absolute atomic E-state index is 14.9. The van der Waals surface area contributed by atoms with Crippen LogP contribution in [0, 0.1) is 11.6 Å². The Balaban J connectivity index is 1.41. The molecule has 0 radical (unpaired) electrons. The van der Waals surface area contributed by atoms with Gasteiger partial charge in [-0.05, 0) is 30.3 Å². The van der Waals surface area contributed by atoms with Crippen molar-refractivity contribution in [2.45, 2.75) is 6.54 Å². The van der Waals surface area contributed by atoms with Crippen molar-refractivity contribution in [1.82, 2.24) is 19.8 Å². The number of H-pyrrole nitrogens is 1. The minimum Gasteiger partial charge on any atom is -0.373 e. The molecule has 0 aliphatic heterocycles. The lowest BCUT2D eigenvalue weighted by atomic mass is 10.1. The lowest BCUT2D eigenvalue weighted by Crippen LogP contribution is -2.24. The van der Waals surface area contributed by atoms with Gasteiger partial charge in [0.1, 0.15) is 11.6 Å². The van der Waals surface area contributed by atoms with Crippen LogP contribution in [0.25, 0.3) is 22.2 Å². The van der Waals surface area contributed by atoms with Gasteiger partial charge in [-0.3, -0.25) is 20.0 Å². The minimum absolute atomic E-state index is 0.0268. The molecule has 0 bridgehead atoms. The number of benzene rings is 2. The quantitative estimate of drug-likeness (QED) is 0.267. The topological polar surface area (TPSA) is 118 Å². The Labute approximate surface area is 210 Å². The molecule has 3 N–H and O–H groups in total. The Morgan fingerprint density at radius 2 is 1.92 bits per heavy atom. The molecule has 3 heterocycles. The van der Waals surface area contributed by atoms with Gasteiger partial charge < -0.3 is 9.84 Å². The summed E-state index contributed by atoms with van der Waals surface area (Å²) in [4.78, 5) is 32.4. The Kier molecular flexibility index (Phi) is 6.17. The number of para-hydroxylation sites is 2. The van der Waals surface area contributed by atoms with Crippen LogP contribution < -0.4 is 16.3 Å². The zero-order valence-electron chi connectivity index (χ0n) is 18.0. The van der Waals surface area contributed by atoms with Crippen LogP contribution in [-0.2, 0) is 6.54 Å². The van der Waals surface area contributed by atoms with Gasteiger partial charge >= 0.3 is 5.91 Å². The van der Waals surface area contributed by atoms with Gasteiger partial charge in [0.15, 0.2) is 0 Å². The van der Waals surface area contributed by atoms with E-state index in [0.717, 1.165) is 12.1 Å². The molecule has 0 fully saturated rings. The molecule has 0 aliphatic rings. The number of carbonyl (C=O) groups is 1. The van der Waals surface area contributed by atoms with Gasteiger partial charge in [-0.2, -0.15) is 5.16 Å². The molecule has 36 heavy (non-hydrogen) atoms. The van der Waals surface area contributed by atoms with Crippen LogP contribution in [0.2, 0.25) is 10.0 Å². The number of anilines is 1. The third-order valence-electron chi connectivity index (χ3n) is 5.16. The Hall–Kier alpha value is -4.22. The summed E-state index contributed by atoms with van der Waals surface area (Å²) in [6.45, 7) is -0.109. The van der Waals surface area contributed by atoms with E-state index < -0.39 is 23.1 Å². The minimum atomic E-state index is -0.731. The second-order valence-corrected chi connectivity index (χ2v) is 8.35. The van der Waals surface area contributed by atoms with Crippen molar-refractivity contribution in [1.29, 1.82) is 0 Å². The van der Waals surface area contributed by atoms with E-state index >= 15 is 0 Å². The summed E-state index contributed by atoms with van der Waals surface area (Å²) in [7, 11) is 0. The molecule has 0 aliphatic carbocycles. The normalized spacial score (nSPS) is 11.1. The van der Waals surface area contributed by atoms with Crippen molar-refractivity contribution in [3.05, 3.63) is 98.2 Å². The van der Waals surface area contributed by atoms with Gasteiger partial charge in [0.2, 0.25) is 11.7 Å². The summed E-state index contributed by atoms with van der Waals surface area (Å²) in [5.74, 6) is -2.18. The van der Waals surface area contributed by atoms with Crippen LogP contribution in [0.1, 0.15) is 16.2 Å². The van der Waals surface area contributed by atoms with Crippen molar-refractivity contribution in [2.24, 2.45) is 0 Å². The predicted molar refractivity (Wildman–Crippen MR) is 130 cm³/mol. The number of rotatable bonds is 6. The molecule has 0 unspecified atom stereocenters. The fourth-order valence-corrected chi connectivity index (χ4v) is 3.91.